The topological polar surface area (TPSA) is 61.4 Å². The Bertz CT molecular complexity index is 464. The summed E-state index contributed by atoms with van der Waals surface area (Å²) >= 11 is 7.39. The van der Waals surface area contributed by atoms with E-state index in [1.807, 2.05) is 11.6 Å². The molecule has 0 aliphatic heterocycles. The average molecular weight is 245 g/mol. The largest absolute Gasteiger partial charge is 0.322 e. The van der Waals surface area contributed by atoms with Crippen LogP contribution in [0.15, 0.2) is 11.4 Å². The van der Waals surface area contributed by atoms with E-state index in [0.29, 0.717) is 10.9 Å². The Kier molecular flexibility index (Phi) is 2.92. The number of aryl methyl sites for hydroxylation is 1. The van der Waals surface area contributed by atoms with Crippen molar-refractivity contribution in [1.82, 2.24) is 29.8 Å². The summed E-state index contributed by atoms with van der Waals surface area (Å²) in [6.07, 6.45) is 1.63. The average Bonchev–Trinajstić information content (AvgIpc) is 2.74. The van der Waals surface area contributed by atoms with Crippen LogP contribution in [-0.4, -0.2) is 29.8 Å². The molecule has 0 aromatic carbocycles. The molecule has 2 heterocycles. The van der Waals surface area contributed by atoms with Gasteiger partial charge in [0.25, 0.3) is 0 Å². The zero-order chi connectivity index (χ0) is 10.8. The first-order valence-electron chi connectivity index (χ1n) is 4.19. The number of thioether (sulfide) groups is 1. The van der Waals surface area contributed by atoms with Crippen LogP contribution in [0, 0.1) is 0 Å². The predicted octanol–water partition coefficient (Wildman–Crippen LogP) is 0.889. The molecule has 0 spiro atoms. The number of imidazole rings is 1. The molecule has 0 amide bonds. The molecule has 8 heteroatoms. The summed E-state index contributed by atoms with van der Waals surface area (Å²) in [6, 6.07) is 0. The van der Waals surface area contributed by atoms with Crippen LogP contribution in [0.1, 0.15) is 5.82 Å². The van der Waals surface area contributed by atoms with E-state index in [-0.39, 0.29) is 0 Å². The highest BCUT2D eigenvalue weighted by atomic mass is 35.5. The zero-order valence-corrected chi connectivity index (χ0v) is 9.83. The summed E-state index contributed by atoms with van der Waals surface area (Å²) in [5.74, 6) is 1.59. The number of hydrogen-bond acceptors (Lipinski definition) is 5. The highest BCUT2D eigenvalue weighted by Crippen LogP contribution is 2.19. The fourth-order valence-electron chi connectivity index (χ4n) is 1.03. The van der Waals surface area contributed by atoms with E-state index >= 15 is 0 Å². The number of rotatable bonds is 3. The Morgan fingerprint density at radius 1 is 1.47 bits per heavy atom. The smallest absolute Gasteiger partial charge is 0.209 e. The maximum absolute atomic E-state index is 5.87. The lowest BCUT2D eigenvalue weighted by Gasteiger charge is -2.00. The summed E-state index contributed by atoms with van der Waals surface area (Å²) in [4.78, 5) is 4.18. The van der Waals surface area contributed by atoms with Gasteiger partial charge in [0.1, 0.15) is 11.0 Å². The summed E-state index contributed by atoms with van der Waals surface area (Å²) in [6.45, 7) is 0. The summed E-state index contributed by atoms with van der Waals surface area (Å²) in [5, 5.41) is 12.5. The summed E-state index contributed by atoms with van der Waals surface area (Å²) < 4.78 is 3.45. The van der Waals surface area contributed by atoms with Crippen LogP contribution in [0.4, 0.5) is 0 Å². The van der Waals surface area contributed by atoms with Gasteiger partial charge >= 0.3 is 0 Å². The van der Waals surface area contributed by atoms with E-state index in [9.17, 15) is 0 Å². The lowest BCUT2D eigenvalue weighted by atomic mass is 10.7. The second kappa shape index (κ2) is 4.19. The number of hydrogen-bond donors (Lipinski definition) is 0. The van der Waals surface area contributed by atoms with E-state index in [1.54, 1.807) is 17.9 Å². The minimum absolute atomic E-state index is 0.627. The van der Waals surface area contributed by atoms with Crippen molar-refractivity contribution in [2.45, 2.75) is 10.9 Å². The van der Waals surface area contributed by atoms with E-state index in [4.69, 9.17) is 11.6 Å². The molecule has 0 fully saturated rings. The Balaban J connectivity index is 2.05. The van der Waals surface area contributed by atoms with Crippen molar-refractivity contribution in [3.63, 3.8) is 0 Å². The van der Waals surface area contributed by atoms with Gasteiger partial charge in [-0.3, -0.25) is 0 Å². The Morgan fingerprint density at radius 2 is 2.27 bits per heavy atom. The number of aromatic nitrogens is 6. The first-order chi connectivity index (χ1) is 7.18. The summed E-state index contributed by atoms with van der Waals surface area (Å²) in [7, 11) is 3.67. The lowest BCUT2D eigenvalue weighted by Crippen LogP contribution is -1.98. The van der Waals surface area contributed by atoms with Crippen molar-refractivity contribution in [1.29, 1.82) is 0 Å². The Labute approximate surface area is 95.6 Å². The van der Waals surface area contributed by atoms with Crippen LogP contribution in [0.25, 0.3) is 0 Å². The molecule has 0 aliphatic carbocycles. The monoisotopic (exact) mass is 244 g/mol. The normalized spacial score (nSPS) is 10.9. The molecule has 2 aromatic rings. The number of nitrogens with zero attached hydrogens (tertiary/aromatic N) is 6. The van der Waals surface area contributed by atoms with Crippen LogP contribution in [0.2, 0.25) is 5.15 Å². The standard InChI is InChI=1S/C7H9ClN6S/c1-13-5(8)3-9-6(13)4-15-7-10-11-12-14(7)2/h3H,4H2,1-2H3. The second-order valence-electron chi connectivity index (χ2n) is 2.93. The van der Waals surface area contributed by atoms with Gasteiger partial charge in [-0.05, 0) is 10.4 Å². The van der Waals surface area contributed by atoms with E-state index in [1.165, 1.54) is 11.8 Å². The first-order valence-corrected chi connectivity index (χ1v) is 5.56. The van der Waals surface area contributed by atoms with E-state index < -0.39 is 0 Å². The highest BCUT2D eigenvalue weighted by Gasteiger charge is 2.08. The molecule has 2 rings (SSSR count). The molecule has 2 aromatic heterocycles. The van der Waals surface area contributed by atoms with Crippen LogP contribution < -0.4 is 0 Å². The van der Waals surface area contributed by atoms with Gasteiger partial charge in [0.2, 0.25) is 5.16 Å². The molecule has 15 heavy (non-hydrogen) atoms. The molecule has 0 unspecified atom stereocenters. The van der Waals surface area contributed by atoms with Gasteiger partial charge in [-0.1, -0.05) is 23.4 Å². The quantitative estimate of drug-likeness (QED) is 0.751. The van der Waals surface area contributed by atoms with Crippen molar-refractivity contribution in [3.05, 3.63) is 17.2 Å². The van der Waals surface area contributed by atoms with Gasteiger partial charge < -0.3 is 4.57 Å². The van der Waals surface area contributed by atoms with Gasteiger partial charge in [-0.2, -0.15) is 0 Å². The van der Waals surface area contributed by atoms with Crippen LogP contribution in [-0.2, 0) is 19.8 Å². The maximum Gasteiger partial charge on any atom is 0.209 e. The third-order valence-corrected chi connectivity index (χ3v) is 3.30. The van der Waals surface area contributed by atoms with E-state index in [2.05, 4.69) is 20.5 Å². The lowest BCUT2D eigenvalue weighted by molar-refractivity contribution is 0.664. The molecule has 0 atom stereocenters. The minimum Gasteiger partial charge on any atom is -0.322 e. The van der Waals surface area contributed by atoms with Crippen molar-refractivity contribution in [2.75, 3.05) is 0 Å². The second-order valence-corrected chi connectivity index (χ2v) is 4.26. The molecule has 0 saturated heterocycles. The molecule has 0 aliphatic rings. The number of tetrazole rings is 1. The van der Waals surface area contributed by atoms with Gasteiger partial charge in [-0.15, -0.1) is 5.10 Å². The fourth-order valence-corrected chi connectivity index (χ4v) is 2.02. The molecular weight excluding hydrogens is 236 g/mol. The van der Waals surface area contributed by atoms with Crippen molar-refractivity contribution in [2.24, 2.45) is 14.1 Å². The van der Waals surface area contributed by atoms with Crippen molar-refractivity contribution in [3.8, 4) is 0 Å². The predicted molar refractivity (Wildman–Crippen MR) is 56.6 cm³/mol. The molecule has 0 bridgehead atoms. The van der Waals surface area contributed by atoms with Gasteiger partial charge in [-0.25, -0.2) is 9.67 Å². The molecule has 0 radical (unpaired) electrons. The van der Waals surface area contributed by atoms with Crippen molar-refractivity contribution < 1.29 is 0 Å². The zero-order valence-electron chi connectivity index (χ0n) is 8.25. The fraction of sp³-hybridized carbons (Fsp3) is 0.429. The van der Waals surface area contributed by atoms with Gasteiger partial charge in [0.15, 0.2) is 0 Å². The highest BCUT2D eigenvalue weighted by molar-refractivity contribution is 7.98. The Hall–Kier alpha value is -1.08. The molecule has 6 nitrogen and oxygen atoms in total. The summed E-state index contributed by atoms with van der Waals surface area (Å²) in [5.41, 5.74) is 0. The van der Waals surface area contributed by atoms with Crippen LogP contribution in [0.3, 0.4) is 0 Å². The molecule has 0 N–H and O–H groups in total. The van der Waals surface area contributed by atoms with Gasteiger partial charge in [0.05, 0.1) is 11.9 Å². The minimum atomic E-state index is 0.627. The van der Waals surface area contributed by atoms with Crippen LogP contribution in [0.5, 0.6) is 0 Å². The van der Waals surface area contributed by atoms with Crippen molar-refractivity contribution >= 4 is 23.4 Å². The maximum atomic E-state index is 5.87. The third kappa shape index (κ3) is 2.13. The Morgan fingerprint density at radius 3 is 2.80 bits per heavy atom. The first kappa shape index (κ1) is 10.4. The van der Waals surface area contributed by atoms with Crippen LogP contribution >= 0.6 is 23.4 Å². The third-order valence-electron chi connectivity index (χ3n) is 1.94. The molecular formula is C7H9ClN6S. The molecule has 80 valence electrons. The van der Waals surface area contributed by atoms with E-state index in [0.717, 1.165) is 11.0 Å². The SMILES string of the molecule is Cn1nnnc1SCc1ncc(Cl)n1C. The van der Waals surface area contributed by atoms with Gasteiger partial charge in [0, 0.05) is 14.1 Å². The molecule has 0 saturated carbocycles. The number of halogens is 1.